The predicted molar refractivity (Wildman–Crippen MR) is 94.4 cm³/mol. The molecule has 0 unspecified atom stereocenters. The Labute approximate surface area is 148 Å². The fraction of sp³-hybridized carbons (Fsp3) is 0.450. The van der Waals surface area contributed by atoms with Crippen molar-refractivity contribution in [2.24, 2.45) is 0 Å². The highest BCUT2D eigenvalue weighted by molar-refractivity contribution is 5.74. The lowest BCUT2D eigenvalue weighted by Crippen LogP contribution is -2.44. The molecule has 25 heavy (non-hydrogen) atoms. The smallest absolute Gasteiger partial charge is 0.318 e. The molecule has 0 radical (unpaired) electrons. The lowest BCUT2D eigenvalue weighted by Gasteiger charge is -2.29. The molecule has 2 amide bonds. The van der Waals surface area contributed by atoms with Gasteiger partial charge < -0.3 is 19.4 Å². The van der Waals surface area contributed by atoms with Gasteiger partial charge in [0.1, 0.15) is 5.75 Å². The Morgan fingerprint density at radius 1 is 1.20 bits per heavy atom. The summed E-state index contributed by atoms with van der Waals surface area (Å²) in [6.45, 7) is 1.90. The van der Waals surface area contributed by atoms with E-state index in [2.05, 4.69) is 17.4 Å². The molecule has 132 valence electrons. The van der Waals surface area contributed by atoms with Crippen molar-refractivity contribution in [2.75, 3.05) is 6.61 Å². The van der Waals surface area contributed by atoms with E-state index >= 15 is 0 Å². The normalized spacial score (nSPS) is 16.5. The minimum absolute atomic E-state index is 0.00449. The minimum Gasteiger partial charge on any atom is -0.493 e. The van der Waals surface area contributed by atoms with E-state index in [-0.39, 0.29) is 6.03 Å². The standard InChI is InChI=1S/C20H24N2O3/c23-20(21-12-16-7-9-24-14-16)22(18-3-1-2-4-18)13-15-5-6-19-17(11-15)8-10-25-19/h5-7,9,11,14,18H,1-4,8,10,12-13H2,(H,21,23). The molecular weight excluding hydrogens is 316 g/mol. The van der Waals surface area contributed by atoms with Crippen LogP contribution in [0.4, 0.5) is 4.79 Å². The summed E-state index contributed by atoms with van der Waals surface area (Å²) in [5.41, 5.74) is 3.41. The molecule has 1 aliphatic carbocycles. The molecule has 1 aromatic carbocycles. The summed E-state index contributed by atoms with van der Waals surface area (Å²) in [7, 11) is 0. The summed E-state index contributed by atoms with van der Waals surface area (Å²) in [5.74, 6) is 0.987. The number of benzene rings is 1. The summed E-state index contributed by atoms with van der Waals surface area (Å²) in [6.07, 6.45) is 8.84. The van der Waals surface area contributed by atoms with Crippen molar-refractivity contribution in [1.82, 2.24) is 10.2 Å². The Kier molecular flexibility index (Phi) is 4.63. The quantitative estimate of drug-likeness (QED) is 0.899. The van der Waals surface area contributed by atoms with E-state index in [0.29, 0.717) is 19.1 Å². The van der Waals surface area contributed by atoms with Crippen LogP contribution < -0.4 is 10.1 Å². The number of urea groups is 1. The first-order chi connectivity index (χ1) is 12.3. The maximum absolute atomic E-state index is 12.8. The molecule has 5 heteroatoms. The topological polar surface area (TPSA) is 54.7 Å². The highest BCUT2D eigenvalue weighted by Gasteiger charge is 2.27. The molecule has 1 aliphatic heterocycles. The third kappa shape index (κ3) is 3.65. The number of carbonyl (C=O) groups is 1. The molecular formula is C20H24N2O3. The number of nitrogens with zero attached hydrogens (tertiary/aromatic N) is 1. The highest BCUT2D eigenvalue weighted by Crippen LogP contribution is 2.29. The average molecular weight is 340 g/mol. The number of rotatable bonds is 5. The van der Waals surface area contributed by atoms with Crippen molar-refractivity contribution >= 4 is 6.03 Å². The first kappa shape index (κ1) is 16.1. The molecule has 0 atom stereocenters. The Balaban J connectivity index is 1.46. The van der Waals surface area contributed by atoms with Crippen LogP contribution in [0, 0.1) is 0 Å². The molecule has 1 saturated carbocycles. The van der Waals surface area contributed by atoms with Gasteiger partial charge in [0.2, 0.25) is 0 Å². The zero-order chi connectivity index (χ0) is 17.1. The molecule has 4 rings (SSSR count). The number of furan rings is 1. The van der Waals surface area contributed by atoms with Gasteiger partial charge >= 0.3 is 6.03 Å². The first-order valence-corrected chi connectivity index (χ1v) is 9.10. The van der Waals surface area contributed by atoms with Crippen LogP contribution in [0.25, 0.3) is 0 Å². The predicted octanol–water partition coefficient (Wildman–Crippen LogP) is 3.87. The number of ether oxygens (including phenoxy) is 1. The number of amides is 2. The number of hydrogen-bond acceptors (Lipinski definition) is 3. The molecule has 2 heterocycles. The molecule has 1 fully saturated rings. The van der Waals surface area contributed by atoms with Gasteiger partial charge in [-0.1, -0.05) is 25.0 Å². The van der Waals surface area contributed by atoms with Crippen LogP contribution in [0.2, 0.25) is 0 Å². The molecule has 5 nitrogen and oxygen atoms in total. The monoisotopic (exact) mass is 340 g/mol. The number of carbonyl (C=O) groups excluding carboxylic acids is 1. The van der Waals surface area contributed by atoms with E-state index in [1.54, 1.807) is 12.5 Å². The second-order valence-corrected chi connectivity index (χ2v) is 6.90. The van der Waals surface area contributed by atoms with Gasteiger partial charge in [0.05, 0.1) is 19.1 Å². The van der Waals surface area contributed by atoms with Crippen molar-refractivity contribution in [3.05, 3.63) is 53.5 Å². The van der Waals surface area contributed by atoms with Gasteiger partial charge in [-0.05, 0) is 36.1 Å². The highest BCUT2D eigenvalue weighted by atomic mass is 16.5. The largest absolute Gasteiger partial charge is 0.493 e. The summed E-state index contributed by atoms with van der Waals surface area (Å²) < 4.78 is 10.7. The van der Waals surface area contributed by atoms with Gasteiger partial charge in [-0.2, -0.15) is 0 Å². The van der Waals surface area contributed by atoms with Crippen molar-refractivity contribution in [3.63, 3.8) is 0 Å². The minimum atomic E-state index is 0.00449. The Hall–Kier alpha value is -2.43. The summed E-state index contributed by atoms with van der Waals surface area (Å²) in [6, 6.07) is 8.51. The van der Waals surface area contributed by atoms with Crippen LogP contribution in [0.15, 0.2) is 41.2 Å². The van der Waals surface area contributed by atoms with Gasteiger partial charge in [0, 0.05) is 31.1 Å². The van der Waals surface area contributed by atoms with Crippen molar-refractivity contribution in [1.29, 1.82) is 0 Å². The third-order valence-electron chi connectivity index (χ3n) is 5.16. The van der Waals surface area contributed by atoms with Crippen LogP contribution in [0.3, 0.4) is 0 Å². The zero-order valence-electron chi connectivity index (χ0n) is 14.4. The van der Waals surface area contributed by atoms with Gasteiger partial charge in [-0.25, -0.2) is 4.79 Å². The summed E-state index contributed by atoms with van der Waals surface area (Å²) in [5, 5.41) is 3.04. The maximum Gasteiger partial charge on any atom is 0.318 e. The molecule has 1 aromatic heterocycles. The van der Waals surface area contributed by atoms with Crippen LogP contribution in [-0.4, -0.2) is 23.6 Å². The zero-order valence-corrected chi connectivity index (χ0v) is 14.4. The van der Waals surface area contributed by atoms with Gasteiger partial charge in [0.15, 0.2) is 0 Å². The Morgan fingerprint density at radius 2 is 2.08 bits per heavy atom. The molecule has 0 spiro atoms. The molecule has 2 aromatic rings. The van der Waals surface area contributed by atoms with E-state index < -0.39 is 0 Å². The van der Waals surface area contributed by atoms with Crippen LogP contribution in [-0.2, 0) is 19.5 Å². The van der Waals surface area contributed by atoms with E-state index in [0.717, 1.165) is 37.2 Å². The lowest BCUT2D eigenvalue weighted by atomic mass is 10.1. The number of fused-ring (bicyclic) bond motifs is 1. The van der Waals surface area contributed by atoms with Gasteiger partial charge in [-0.15, -0.1) is 0 Å². The van der Waals surface area contributed by atoms with Crippen molar-refractivity contribution in [3.8, 4) is 5.75 Å². The molecule has 2 aliphatic rings. The lowest BCUT2D eigenvalue weighted by molar-refractivity contribution is 0.170. The molecule has 0 saturated heterocycles. The first-order valence-electron chi connectivity index (χ1n) is 9.10. The molecule has 1 N–H and O–H groups in total. The fourth-order valence-electron chi connectivity index (χ4n) is 3.79. The van der Waals surface area contributed by atoms with Crippen LogP contribution >= 0.6 is 0 Å². The summed E-state index contributed by atoms with van der Waals surface area (Å²) >= 11 is 0. The van der Waals surface area contributed by atoms with Crippen LogP contribution in [0.1, 0.15) is 42.4 Å². The van der Waals surface area contributed by atoms with Gasteiger partial charge in [0.25, 0.3) is 0 Å². The summed E-state index contributed by atoms with van der Waals surface area (Å²) in [4.78, 5) is 14.8. The van der Waals surface area contributed by atoms with Gasteiger partial charge in [-0.3, -0.25) is 0 Å². The Bertz CT molecular complexity index is 721. The number of hydrogen-bond donors (Lipinski definition) is 1. The van der Waals surface area contributed by atoms with E-state index in [1.165, 1.54) is 24.0 Å². The van der Waals surface area contributed by atoms with Crippen LogP contribution in [0.5, 0.6) is 5.75 Å². The second kappa shape index (κ2) is 7.21. The molecule has 0 bridgehead atoms. The average Bonchev–Trinajstić information content (AvgIpc) is 3.39. The Morgan fingerprint density at radius 3 is 2.88 bits per heavy atom. The van der Waals surface area contributed by atoms with E-state index in [1.807, 2.05) is 17.0 Å². The second-order valence-electron chi connectivity index (χ2n) is 6.90. The van der Waals surface area contributed by atoms with E-state index in [9.17, 15) is 4.79 Å². The third-order valence-corrected chi connectivity index (χ3v) is 5.16. The fourth-order valence-corrected chi connectivity index (χ4v) is 3.79. The van der Waals surface area contributed by atoms with E-state index in [4.69, 9.17) is 9.15 Å². The number of nitrogens with one attached hydrogen (secondary N) is 1. The van der Waals surface area contributed by atoms with Crippen molar-refractivity contribution in [2.45, 2.75) is 51.2 Å². The van der Waals surface area contributed by atoms with Crippen molar-refractivity contribution < 1.29 is 13.9 Å². The maximum atomic E-state index is 12.8. The SMILES string of the molecule is O=C(NCc1ccoc1)N(Cc1ccc2c(c1)CCO2)C1CCCC1.